The van der Waals surface area contributed by atoms with Gasteiger partial charge in [0.1, 0.15) is 11.1 Å². The number of anilines is 1. The lowest BCUT2D eigenvalue weighted by molar-refractivity contribution is -0.111. The van der Waals surface area contributed by atoms with Crippen molar-refractivity contribution in [2.24, 2.45) is 5.92 Å². The lowest BCUT2D eigenvalue weighted by Crippen LogP contribution is -2.27. The quantitative estimate of drug-likeness (QED) is 0.477. The van der Waals surface area contributed by atoms with Crippen LogP contribution >= 0.6 is 22.7 Å². The molecule has 0 bridgehead atoms. The van der Waals surface area contributed by atoms with Crippen LogP contribution in [0.25, 0.3) is 6.08 Å². The van der Waals surface area contributed by atoms with Crippen molar-refractivity contribution in [3.05, 3.63) is 74.6 Å². The van der Waals surface area contributed by atoms with E-state index in [4.69, 9.17) is 4.74 Å². The molecule has 7 nitrogen and oxygen atoms in total. The third kappa shape index (κ3) is 6.06. The smallest absolute Gasteiger partial charge is 0.407 e. The van der Waals surface area contributed by atoms with Crippen molar-refractivity contribution in [1.82, 2.24) is 10.3 Å². The van der Waals surface area contributed by atoms with Crippen LogP contribution in [0.5, 0.6) is 0 Å². The zero-order valence-electron chi connectivity index (χ0n) is 17.7. The monoisotopic (exact) mass is 478 g/mol. The van der Waals surface area contributed by atoms with E-state index in [1.54, 1.807) is 29.8 Å². The Bertz CT molecular complexity index is 1180. The third-order valence-corrected chi connectivity index (χ3v) is 7.28. The Balaban J connectivity index is 1.31. The Labute approximate surface area is 199 Å². The van der Waals surface area contributed by atoms with E-state index in [-0.39, 0.29) is 11.8 Å². The molecule has 0 saturated heterocycles. The number of carbonyl (C=O) groups is 2. The van der Waals surface area contributed by atoms with Crippen molar-refractivity contribution in [2.75, 3.05) is 11.9 Å². The summed E-state index contributed by atoms with van der Waals surface area (Å²) in [6.45, 7) is 0.672. The number of fused-ring (bicyclic) bond motifs is 1. The maximum absolute atomic E-state index is 12.3. The molecule has 1 unspecified atom stereocenters. The number of rotatable bonds is 7. The first-order valence-corrected chi connectivity index (χ1v) is 12.2. The molecule has 3 aromatic heterocycles. The number of carbonyl (C=O) groups excluding carboxylic acids is 2. The summed E-state index contributed by atoms with van der Waals surface area (Å²) in [7, 11) is 0. The van der Waals surface area contributed by atoms with E-state index in [1.165, 1.54) is 17.4 Å². The van der Waals surface area contributed by atoms with Crippen LogP contribution in [0.4, 0.5) is 9.80 Å². The molecule has 0 saturated carbocycles. The van der Waals surface area contributed by atoms with Crippen LogP contribution in [-0.2, 0) is 28.9 Å². The van der Waals surface area contributed by atoms with Gasteiger partial charge >= 0.3 is 6.09 Å². The summed E-state index contributed by atoms with van der Waals surface area (Å²) in [6.07, 6.45) is 8.41. The number of nitriles is 1. The molecule has 1 aliphatic rings. The zero-order chi connectivity index (χ0) is 23.0. The molecular formula is C24H22N4O3S2. The average Bonchev–Trinajstić information content (AvgIpc) is 3.47. The minimum atomic E-state index is -0.459. The highest BCUT2D eigenvalue weighted by Crippen LogP contribution is 2.39. The van der Waals surface area contributed by atoms with Gasteiger partial charge in [0.15, 0.2) is 0 Å². The Hall–Kier alpha value is -3.48. The molecular weight excluding hydrogens is 456 g/mol. The molecule has 3 aromatic rings. The highest BCUT2D eigenvalue weighted by atomic mass is 32.1. The summed E-state index contributed by atoms with van der Waals surface area (Å²) < 4.78 is 5.40. The zero-order valence-corrected chi connectivity index (χ0v) is 19.4. The van der Waals surface area contributed by atoms with Crippen molar-refractivity contribution in [2.45, 2.75) is 25.8 Å². The van der Waals surface area contributed by atoms with Gasteiger partial charge in [-0.05, 0) is 59.9 Å². The molecule has 168 valence electrons. The van der Waals surface area contributed by atoms with Gasteiger partial charge in [-0.1, -0.05) is 12.1 Å². The molecule has 0 spiro atoms. The minimum Gasteiger partial charge on any atom is -0.449 e. The predicted octanol–water partition coefficient (Wildman–Crippen LogP) is 4.76. The van der Waals surface area contributed by atoms with Gasteiger partial charge in [0, 0.05) is 34.8 Å². The van der Waals surface area contributed by atoms with Gasteiger partial charge in [-0.2, -0.15) is 5.26 Å². The molecule has 3 heterocycles. The number of alkyl carbamates (subject to hydrolysis) is 1. The van der Waals surface area contributed by atoms with E-state index < -0.39 is 6.09 Å². The minimum absolute atomic E-state index is 0.175. The highest BCUT2D eigenvalue weighted by Gasteiger charge is 2.27. The highest BCUT2D eigenvalue weighted by molar-refractivity contribution is 7.16. The molecule has 0 fully saturated rings. The normalized spacial score (nSPS) is 14.9. The van der Waals surface area contributed by atoms with Crippen LogP contribution in [0.1, 0.15) is 32.9 Å². The molecule has 1 aliphatic carbocycles. The fourth-order valence-corrected chi connectivity index (χ4v) is 5.56. The molecule has 33 heavy (non-hydrogen) atoms. The molecule has 0 aliphatic heterocycles. The van der Waals surface area contributed by atoms with Gasteiger partial charge in [0.25, 0.3) is 0 Å². The van der Waals surface area contributed by atoms with E-state index in [2.05, 4.69) is 21.7 Å². The maximum atomic E-state index is 12.3. The van der Waals surface area contributed by atoms with Crippen LogP contribution in [-0.4, -0.2) is 23.6 Å². The SMILES string of the molecule is N#Cc1c(NC(=O)C=Cc2cccs2)sc2c1CCC(COC(=O)NCc1cccnc1)C2. The van der Waals surface area contributed by atoms with Crippen LogP contribution in [0, 0.1) is 17.2 Å². The summed E-state index contributed by atoms with van der Waals surface area (Å²) >= 11 is 2.98. The summed E-state index contributed by atoms with van der Waals surface area (Å²) in [4.78, 5) is 30.4. The van der Waals surface area contributed by atoms with E-state index in [0.717, 1.165) is 33.7 Å². The van der Waals surface area contributed by atoms with Crippen molar-refractivity contribution in [3.63, 3.8) is 0 Å². The lowest BCUT2D eigenvalue weighted by Gasteiger charge is -2.21. The van der Waals surface area contributed by atoms with Gasteiger partial charge < -0.3 is 15.4 Å². The first kappa shape index (κ1) is 22.7. The predicted molar refractivity (Wildman–Crippen MR) is 129 cm³/mol. The Morgan fingerprint density at radius 3 is 3.00 bits per heavy atom. The second-order valence-electron chi connectivity index (χ2n) is 7.58. The number of aromatic nitrogens is 1. The molecule has 2 amide bonds. The summed E-state index contributed by atoms with van der Waals surface area (Å²) in [6, 6.07) is 9.80. The number of ether oxygens (including phenoxy) is 1. The fourth-order valence-electron chi connectivity index (χ4n) is 3.62. The van der Waals surface area contributed by atoms with Crippen LogP contribution in [0.2, 0.25) is 0 Å². The van der Waals surface area contributed by atoms with Gasteiger partial charge in [-0.3, -0.25) is 9.78 Å². The summed E-state index contributed by atoms with van der Waals surface area (Å²) in [5.41, 5.74) is 2.44. The number of nitrogens with zero attached hydrogens (tertiary/aromatic N) is 2. The second-order valence-corrected chi connectivity index (χ2v) is 9.66. The van der Waals surface area contributed by atoms with E-state index >= 15 is 0 Å². The number of nitrogens with one attached hydrogen (secondary N) is 2. The standard InChI is InChI=1S/C24H22N4O3S2/c25-12-20-19-7-5-16(15-31-24(30)27-14-17-3-1-9-26-13-17)11-21(19)33-23(20)28-22(29)8-6-18-4-2-10-32-18/h1-4,6,8-10,13,16H,5,7,11,14-15H2,(H,27,30)(H,28,29). The number of amides is 2. The Morgan fingerprint density at radius 2 is 2.24 bits per heavy atom. The van der Waals surface area contributed by atoms with Crippen molar-refractivity contribution >= 4 is 45.8 Å². The molecule has 4 rings (SSSR count). The van der Waals surface area contributed by atoms with Gasteiger partial charge in [0.05, 0.1) is 12.2 Å². The average molecular weight is 479 g/mol. The first-order valence-electron chi connectivity index (χ1n) is 10.5. The third-order valence-electron chi connectivity index (χ3n) is 5.27. The van der Waals surface area contributed by atoms with Gasteiger partial charge in [-0.15, -0.1) is 22.7 Å². The van der Waals surface area contributed by atoms with E-state index in [0.29, 0.717) is 30.1 Å². The number of thiophene rings is 2. The van der Waals surface area contributed by atoms with Crippen LogP contribution < -0.4 is 10.6 Å². The number of pyridine rings is 1. The van der Waals surface area contributed by atoms with Crippen molar-refractivity contribution in [3.8, 4) is 6.07 Å². The van der Waals surface area contributed by atoms with E-state index in [1.807, 2.05) is 29.6 Å². The van der Waals surface area contributed by atoms with Crippen molar-refractivity contribution < 1.29 is 14.3 Å². The van der Waals surface area contributed by atoms with E-state index in [9.17, 15) is 14.9 Å². The number of hydrogen-bond donors (Lipinski definition) is 2. The molecule has 2 N–H and O–H groups in total. The topological polar surface area (TPSA) is 104 Å². The molecule has 9 heteroatoms. The van der Waals surface area contributed by atoms with Gasteiger partial charge in [0.2, 0.25) is 5.91 Å². The fraction of sp³-hybridized carbons (Fsp3) is 0.250. The molecule has 1 atom stereocenters. The molecule has 0 radical (unpaired) electrons. The Kier molecular flexibility index (Phi) is 7.50. The summed E-state index contributed by atoms with van der Waals surface area (Å²) in [5, 5.41) is 17.8. The largest absolute Gasteiger partial charge is 0.449 e. The molecule has 0 aromatic carbocycles. The number of hydrogen-bond acceptors (Lipinski definition) is 7. The van der Waals surface area contributed by atoms with Crippen molar-refractivity contribution in [1.29, 1.82) is 5.26 Å². The van der Waals surface area contributed by atoms with Gasteiger partial charge in [-0.25, -0.2) is 4.79 Å². The lowest BCUT2D eigenvalue weighted by atomic mass is 9.88. The summed E-state index contributed by atoms with van der Waals surface area (Å²) in [5.74, 6) is -0.0854. The maximum Gasteiger partial charge on any atom is 0.407 e. The second kappa shape index (κ2) is 10.9. The Morgan fingerprint density at radius 1 is 1.33 bits per heavy atom. The van der Waals surface area contributed by atoms with Crippen LogP contribution in [0.15, 0.2) is 48.1 Å². The first-order chi connectivity index (χ1) is 16.1. The van der Waals surface area contributed by atoms with Crippen LogP contribution in [0.3, 0.4) is 0 Å².